The van der Waals surface area contributed by atoms with E-state index in [0.717, 1.165) is 12.1 Å². The van der Waals surface area contributed by atoms with E-state index >= 15 is 0 Å². The summed E-state index contributed by atoms with van der Waals surface area (Å²) in [6.07, 6.45) is 0. The number of hydrogen-bond donors (Lipinski definition) is 3. The fourth-order valence-electron chi connectivity index (χ4n) is 2.84. The average molecular weight is 388 g/mol. The van der Waals surface area contributed by atoms with Crippen LogP contribution < -0.4 is 16.0 Å². The second-order valence-corrected chi connectivity index (χ2v) is 6.01. The van der Waals surface area contributed by atoms with Crippen molar-refractivity contribution in [2.75, 3.05) is 5.32 Å². The summed E-state index contributed by atoms with van der Waals surface area (Å²) in [5.74, 6) is -2.88. The molecular weight excluding hydrogens is 374 g/mol. The van der Waals surface area contributed by atoms with Crippen LogP contribution >= 0.6 is 0 Å². The summed E-state index contributed by atoms with van der Waals surface area (Å²) < 4.78 is 26.5. The van der Waals surface area contributed by atoms with Gasteiger partial charge in [-0.05, 0) is 24.6 Å². The smallest absolute Gasteiger partial charge is 0.319 e. The standard InChI is InChI=1S/C18H14F2N4O4/c1-9-15(17(25)22-11-5-6-13(19)14(20)8-11)16(23-18(26)21-9)10-3-2-4-12(7-10)24(27)28/h2-8,16H,1H3,(H,22,25)(H2,21,23,26)/t16-/m0/s1. The van der Waals surface area contributed by atoms with Gasteiger partial charge < -0.3 is 16.0 Å². The van der Waals surface area contributed by atoms with E-state index in [1.165, 1.54) is 37.3 Å². The summed E-state index contributed by atoms with van der Waals surface area (Å²) in [4.78, 5) is 35.1. The third-order valence-electron chi connectivity index (χ3n) is 4.11. The molecule has 1 aliphatic rings. The predicted octanol–water partition coefficient (Wildman–Crippen LogP) is 3.14. The lowest BCUT2D eigenvalue weighted by Crippen LogP contribution is -2.46. The Morgan fingerprint density at radius 3 is 2.61 bits per heavy atom. The third kappa shape index (κ3) is 3.80. The van der Waals surface area contributed by atoms with Gasteiger partial charge in [-0.1, -0.05) is 12.1 Å². The van der Waals surface area contributed by atoms with Crippen molar-refractivity contribution in [2.24, 2.45) is 0 Å². The highest BCUT2D eigenvalue weighted by molar-refractivity contribution is 6.06. The molecule has 3 N–H and O–H groups in total. The van der Waals surface area contributed by atoms with Gasteiger partial charge in [-0.15, -0.1) is 0 Å². The number of benzene rings is 2. The maximum absolute atomic E-state index is 13.4. The van der Waals surface area contributed by atoms with Crippen LogP contribution in [0.3, 0.4) is 0 Å². The zero-order chi connectivity index (χ0) is 20.4. The number of allylic oxidation sites excluding steroid dienone is 1. The summed E-state index contributed by atoms with van der Waals surface area (Å²) in [6.45, 7) is 1.49. The number of nitrogens with one attached hydrogen (secondary N) is 3. The van der Waals surface area contributed by atoms with Gasteiger partial charge in [0.1, 0.15) is 0 Å². The molecule has 2 aromatic carbocycles. The Hall–Kier alpha value is -3.82. The number of non-ortho nitro benzene ring substituents is 1. The predicted molar refractivity (Wildman–Crippen MR) is 95.2 cm³/mol. The maximum Gasteiger partial charge on any atom is 0.319 e. The van der Waals surface area contributed by atoms with Crippen LogP contribution in [0.2, 0.25) is 0 Å². The lowest BCUT2D eigenvalue weighted by Gasteiger charge is -2.28. The second-order valence-electron chi connectivity index (χ2n) is 6.01. The number of amides is 3. The molecule has 28 heavy (non-hydrogen) atoms. The van der Waals surface area contributed by atoms with Gasteiger partial charge in [0.05, 0.1) is 16.5 Å². The first kappa shape index (κ1) is 19.0. The number of anilines is 1. The quantitative estimate of drug-likeness (QED) is 0.551. The van der Waals surface area contributed by atoms with Crippen molar-refractivity contribution in [2.45, 2.75) is 13.0 Å². The SMILES string of the molecule is CC1=C(C(=O)Nc2ccc(F)c(F)c2)[C@H](c2cccc([N+](=O)[O-])c2)NC(=O)N1. The van der Waals surface area contributed by atoms with E-state index in [1.54, 1.807) is 0 Å². The molecule has 0 saturated carbocycles. The fourth-order valence-corrected chi connectivity index (χ4v) is 2.84. The van der Waals surface area contributed by atoms with Gasteiger partial charge in [0.25, 0.3) is 11.6 Å². The number of nitro benzene ring substituents is 1. The highest BCUT2D eigenvalue weighted by Crippen LogP contribution is 2.29. The normalized spacial score (nSPS) is 16.2. The minimum atomic E-state index is -1.13. The lowest BCUT2D eigenvalue weighted by molar-refractivity contribution is -0.384. The number of nitro groups is 1. The van der Waals surface area contributed by atoms with Crippen LogP contribution in [0.4, 0.5) is 25.0 Å². The number of urea groups is 1. The van der Waals surface area contributed by atoms with E-state index in [1.807, 2.05) is 0 Å². The summed E-state index contributed by atoms with van der Waals surface area (Å²) in [5.41, 5.74) is 0.422. The van der Waals surface area contributed by atoms with Gasteiger partial charge in [0, 0.05) is 29.6 Å². The van der Waals surface area contributed by atoms with Crippen LogP contribution in [0.1, 0.15) is 18.5 Å². The van der Waals surface area contributed by atoms with Crippen LogP contribution in [0.25, 0.3) is 0 Å². The van der Waals surface area contributed by atoms with Gasteiger partial charge >= 0.3 is 6.03 Å². The Morgan fingerprint density at radius 2 is 1.93 bits per heavy atom. The molecule has 0 radical (unpaired) electrons. The Balaban J connectivity index is 1.97. The zero-order valence-electron chi connectivity index (χ0n) is 14.5. The first-order valence-electron chi connectivity index (χ1n) is 8.05. The molecule has 0 bridgehead atoms. The maximum atomic E-state index is 13.4. The van der Waals surface area contributed by atoms with E-state index in [0.29, 0.717) is 5.56 Å². The van der Waals surface area contributed by atoms with Crippen molar-refractivity contribution in [3.63, 3.8) is 0 Å². The molecule has 3 amide bonds. The number of carbonyl (C=O) groups is 2. The molecule has 1 atom stereocenters. The number of rotatable bonds is 4. The van der Waals surface area contributed by atoms with Crippen LogP contribution in [-0.2, 0) is 4.79 Å². The molecule has 8 nitrogen and oxygen atoms in total. The number of nitrogens with zero attached hydrogens (tertiary/aromatic N) is 1. The fraction of sp³-hybridized carbons (Fsp3) is 0.111. The van der Waals surface area contributed by atoms with Crippen molar-refractivity contribution in [3.05, 3.63) is 81.0 Å². The molecule has 0 fully saturated rings. The Kier molecular flexibility index (Phi) is 5.03. The first-order valence-corrected chi connectivity index (χ1v) is 8.05. The lowest BCUT2D eigenvalue weighted by atomic mass is 9.94. The second kappa shape index (κ2) is 7.43. The minimum Gasteiger partial charge on any atom is -0.327 e. The monoisotopic (exact) mass is 388 g/mol. The van der Waals surface area contributed by atoms with Crippen LogP contribution in [0.15, 0.2) is 53.7 Å². The van der Waals surface area contributed by atoms with Crippen molar-refractivity contribution in [1.82, 2.24) is 10.6 Å². The van der Waals surface area contributed by atoms with Crippen molar-refractivity contribution < 1.29 is 23.3 Å². The van der Waals surface area contributed by atoms with Crippen molar-refractivity contribution >= 4 is 23.3 Å². The molecule has 0 aromatic heterocycles. The molecule has 2 aromatic rings. The van der Waals surface area contributed by atoms with Crippen molar-refractivity contribution in [3.8, 4) is 0 Å². The summed E-state index contributed by atoms with van der Waals surface area (Å²) in [6, 6.07) is 6.80. The van der Waals surface area contributed by atoms with Crippen LogP contribution in [0, 0.1) is 21.7 Å². The molecule has 0 spiro atoms. The molecule has 144 valence electrons. The van der Waals surface area contributed by atoms with E-state index in [-0.39, 0.29) is 22.6 Å². The number of hydrogen-bond acceptors (Lipinski definition) is 4. The highest BCUT2D eigenvalue weighted by atomic mass is 19.2. The van der Waals surface area contributed by atoms with Crippen LogP contribution in [-0.4, -0.2) is 16.9 Å². The molecule has 0 unspecified atom stereocenters. The van der Waals surface area contributed by atoms with E-state index in [2.05, 4.69) is 16.0 Å². The van der Waals surface area contributed by atoms with Gasteiger partial charge in [-0.3, -0.25) is 14.9 Å². The van der Waals surface area contributed by atoms with E-state index in [4.69, 9.17) is 0 Å². The Labute approximate surface area is 157 Å². The molecule has 1 heterocycles. The molecule has 10 heteroatoms. The van der Waals surface area contributed by atoms with E-state index in [9.17, 15) is 28.5 Å². The molecule has 1 aliphatic heterocycles. The third-order valence-corrected chi connectivity index (χ3v) is 4.11. The van der Waals surface area contributed by atoms with Gasteiger partial charge in [0.2, 0.25) is 0 Å². The van der Waals surface area contributed by atoms with Crippen LogP contribution in [0.5, 0.6) is 0 Å². The largest absolute Gasteiger partial charge is 0.327 e. The zero-order valence-corrected chi connectivity index (χ0v) is 14.5. The van der Waals surface area contributed by atoms with E-state index < -0.39 is 34.5 Å². The van der Waals surface area contributed by atoms with Gasteiger partial charge in [-0.2, -0.15) is 0 Å². The Bertz CT molecular complexity index is 1020. The minimum absolute atomic E-state index is 0.0129. The van der Waals surface area contributed by atoms with Crippen molar-refractivity contribution in [1.29, 1.82) is 0 Å². The van der Waals surface area contributed by atoms with Gasteiger partial charge in [0.15, 0.2) is 11.6 Å². The number of halogens is 2. The summed E-state index contributed by atoms with van der Waals surface area (Å²) >= 11 is 0. The topological polar surface area (TPSA) is 113 Å². The average Bonchev–Trinajstić information content (AvgIpc) is 2.64. The Morgan fingerprint density at radius 1 is 1.18 bits per heavy atom. The molecule has 0 saturated heterocycles. The summed E-state index contributed by atoms with van der Waals surface area (Å²) in [7, 11) is 0. The first-order chi connectivity index (χ1) is 13.3. The molecule has 0 aliphatic carbocycles. The molecular formula is C18H14F2N4O4. The summed E-state index contributed by atoms with van der Waals surface area (Å²) in [5, 5.41) is 18.5. The van der Waals surface area contributed by atoms with Gasteiger partial charge in [-0.25, -0.2) is 13.6 Å². The number of carbonyl (C=O) groups excluding carboxylic acids is 2. The molecule has 3 rings (SSSR count). The highest BCUT2D eigenvalue weighted by Gasteiger charge is 2.32.